The van der Waals surface area contributed by atoms with Crippen LogP contribution < -0.4 is 21.5 Å². The summed E-state index contributed by atoms with van der Waals surface area (Å²) >= 11 is 1.59. The number of benzene rings is 2. The van der Waals surface area contributed by atoms with Gasteiger partial charge in [0.15, 0.2) is 0 Å². The van der Waals surface area contributed by atoms with Gasteiger partial charge in [-0.15, -0.1) is 0 Å². The van der Waals surface area contributed by atoms with Crippen LogP contribution in [-0.4, -0.2) is 40.8 Å². The van der Waals surface area contributed by atoms with Crippen molar-refractivity contribution in [2.24, 2.45) is 0 Å². The second-order valence-electron chi connectivity index (χ2n) is 7.10. The molecule has 2 heterocycles. The van der Waals surface area contributed by atoms with Gasteiger partial charge in [-0.25, -0.2) is 0 Å². The molecule has 0 spiro atoms. The van der Waals surface area contributed by atoms with E-state index in [4.69, 9.17) is 0 Å². The molecule has 1 aliphatic rings. The van der Waals surface area contributed by atoms with E-state index in [1.54, 1.807) is 48.2 Å². The average molecular weight is 436 g/mol. The Morgan fingerprint density at radius 2 is 1.90 bits per heavy atom. The molecule has 0 saturated heterocycles. The van der Waals surface area contributed by atoms with Crippen LogP contribution in [0, 0.1) is 0 Å². The van der Waals surface area contributed by atoms with E-state index in [-0.39, 0.29) is 22.6 Å². The van der Waals surface area contributed by atoms with Crippen LogP contribution >= 0.6 is 11.8 Å². The monoisotopic (exact) mass is 436 g/mol. The Morgan fingerprint density at radius 3 is 2.71 bits per heavy atom. The smallest absolute Gasteiger partial charge is 0.256 e. The number of para-hydroxylation sites is 1. The molecule has 31 heavy (non-hydrogen) atoms. The van der Waals surface area contributed by atoms with E-state index in [0.717, 1.165) is 5.75 Å². The van der Waals surface area contributed by atoms with Crippen LogP contribution in [0.3, 0.4) is 0 Å². The van der Waals surface area contributed by atoms with Crippen LogP contribution in [0.1, 0.15) is 27.1 Å². The molecule has 158 valence electrons. The van der Waals surface area contributed by atoms with Gasteiger partial charge in [-0.2, -0.15) is 11.8 Å². The highest BCUT2D eigenvalue weighted by molar-refractivity contribution is 7.98. The maximum absolute atomic E-state index is 12.9. The quantitative estimate of drug-likeness (QED) is 0.490. The fourth-order valence-electron chi connectivity index (χ4n) is 3.47. The zero-order chi connectivity index (χ0) is 22.0. The number of hydrogen-bond donors (Lipinski definition) is 4. The number of H-pyrrole nitrogens is 1. The first-order chi connectivity index (χ1) is 15.0. The zero-order valence-electron chi connectivity index (χ0n) is 16.7. The van der Waals surface area contributed by atoms with Gasteiger partial charge < -0.3 is 20.9 Å². The summed E-state index contributed by atoms with van der Waals surface area (Å²) in [6, 6.07) is 12.3. The van der Waals surface area contributed by atoms with Gasteiger partial charge in [0, 0.05) is 22.7 Å². The van der Waals surface area contributed by atoms with Crippen molar-refractivity contribution >= 4 is 51.8 Å². The summed E-state index contributed by atoms with van der Waals surface area (Å²) in [5, 5.41) is 8.85. The lowest BCUT2D eigenvalue weighted by Gasteiger charge is -2.13. The van der Waals surface area contributed by atoms with Crippen molar-refractivity contribution in [1.82, 2.24) is 10.3 Å². The van der Waals surface area contributed by atoms with Gasteiger partial charge >= 0.3 is 0 Å². The number of nitrogens with one attached hydrogen (secondary N) is 4. The number of hydrogen-bond acceptors (Lipinski definition) is 5. The van der Waals surface area contributed by atoms with Crippen LogP contribution in [0.4, 0.5) is 11.4 Å². The van der Waals surface area contributed by atoms with E-state index in [1.807, 2.05) is 6.26 Å². The summed E-state index contributed by atoms with van der Waals surface area (Å²) in [5.74, 6) is -0.400. The SMILES string of the molecule is CSCC[C@H]1NC(=O)c2cc(NC(=O)c3cc(=O)[nH]c4ccccc34)ccc2NC1=O. The largest absolute Gasteiger partial charge is 0.340 e. The van der Waals surface area contributed by atoms with Gasteiger partial charge in [0.2, 0.25) is 11.5 Å². The zero-order valence-corrected chi connectivity index (χ0v) is 17.5. The number of aromatic amines is 1. The normalized spacial score (nSPS) is 15.6. The topological polar surface area (TPSA) is 120 Å². The summed E-state index contributed by atoms with van der Waals surface area (Å²) in [7, 11) is 0. The number of fused-ring (bicyclic) bond motifs is 2. The predicted octanol–water partition coefficient (Wildman–Crippen LogP) is 2.58. The molecule has 9 heteroatoms. The average Bonchev–Trinajstić information content (AvgIpc) is 2.87. The molecule has 0 radical (unpaired) electrons. The van der Waals surface area contributed by atoms with Crippen molar-refractivity contribution in [3.8, 4) is 0 Å². The Labute approximate surface area is 181 Å². The van der Waals surface area contributed by atoms with Crippen molar-refractivity contribution in [1.29, 1.82) is 0 Å². The molecule has 3 aromatic rings. The van der Waals surface area contributed by atoms with E-state index in [9.17, 15) is 19.2 Å². The first-order valence-electron chi connectivity index (χ1n) is 9.64. The molecule has 3 amide bonds. The number of rotatable bonds is 5. The fraction of sp³-hybridized carbons (Fsp3) is 0.182. The molecule has 0 bridgehead atoms. The number of pyridine rings is 1. The van der Waals surface area contributed by atoms with Crippen molar-refractivity contribution < 1.29 is 14.4 Å². The van der Waals surface area contributed by atoms with Gasteiger partial charge in [0.05, 0.1) is 16.8 Å². The van der Waals surface area contributed by atoms with Gasteiger partial charge in [0.1, 0.15) is 6.04 Å². The summed E-state index contributed by atoms with van der Waals surface area (Å²) in [5.41, 5.74) is 1.41. The van der Waals surface area contributed by atoms with E-state index in [2.05, 4.69) is 20.9 Å². The van der Waals surface area contributed by atoms with E-state index in [1.165, 1.54) is 12.1 Å². The number of aromatic nitrogens is 1. The second-order valence-corrected chi connectivity index (χ2v) is 8.09. The molecule has 0 fully saturated rings. The molecule has 4 N–H and O–H groups in total. The third-order valence-electron chi connectivity index (χ3n) is 5.01. The lowest BCUT2D eigenvalue weighted by molar-refractivity contribution is -0.117. The van der Waals surface area contributed by atoms with Gasteiger partial charge in [-0.1, -0.05) is 18.2 Å². The standard InChI is InChI=1S/C22H20N4O4S/c1-31-9-8-18-22(30)25-17-7-6-12(10-15(17)21(29)26-18)23-20(28)14-11-19(27)24-16-5-3-2-4-13(14)16/h2-7,10-11,18H,8-9H2,1H3,(H,23,28)(H,24,27)(H,25,30)(H,26,29)/t18-/m1/s1. The molecular weight excluding hydrogens is 416 g/mol. The Morgan fingerprint density at radius 1 is 1.10 bits per heavy atom. The molecule has 1 aliphatic heterocycles. The summed E-state index contributed by atoms with van der Waals surface area (Å²) < 4.78 is 0. The number of amides is 3. The lowest BCUT2D eigenvalue weighted by Crippen LogP contribution is -2.41. The Kier molecular flexibility index (Phi) is 5.77. The highest BCUT2D eigenvalue weighted by Gasteiger charge is 2.27. The number of carbonyl (C=O) groups excluding carboxylic acids is 3. The maximum atomic E-state index is 12.9. The molecule has 0 unspecified atom stereocenters. The second kappa shape index (κ2) is 8.65. The molecular formula is C22H20N4O4S. The molecule has 4 rings (SSSR count). The predicted molar refractivity (Wildman–Crippen MR) is 122 cm³/mol. The van der Waals surface area contributed by atoms with Crippen molar-refractivity contribution in [2.75, 3.05) is 22.6 Å². The number of thioether (sulfide) groups is 1. The minimum Gasteiger partial charge on any atom is -0.340 e. The van der Waals surface area contributed by atoms with Crippen LogP contribution in [0.2, 0.25) is 0 Å². The Balaban J connectivity index is 1.61. The first kappa shape index (κ1) is 20.7. The van der Waals surface area contributed by atoms with Crippen molar-refractivity contribution in [3.05, 3.63) is 70.0 Å². The lowest BCUT2D eigenvalue weighted by atomic mass is 10.1. The van der Waals surface area contributed by atoms with Crippen LogP contribution in [-0.2, 0) is 4.79 Å². The van der Waals surface area contributed by atoms with Crippen molar-refractivity contribution in [3.63, 3.8) is 0 Å². The van der Waals surface area contributed by atoms with E-state index < -0.39 is 17.9 Å². The number of anilines is 2. The molecule has 1 aromatic heterocycles. The number of carbonyl (C=O) groups is 3. The summed E-state index contributed by atoms with van der Waals surface area (Å²) in [6.45, 7) is 0. The van der Waals surface area contributed by atoms with Gasteiger partial charge in [-0.05, 0) is 42.7 Å². The third kappa shape index (κ3) is 4.31. The summed E-state index contributed by atoms with van der Waals surface area (Å²) in [4.78, 5) is 52.6. The summed E-state index contributed by atoms with van der Waals surface area (Å²) in [6.07, 6.45) is 2.45. The van der Waals surface area contributed by atoms with Crippen LogP contribution in [0.5, 0.6) is 0 Å². The fourth-order valence-corrected chi connectivity index (χ4v) is 3.94. The van der Waals surface area contributed by atoms with Gasteiger partial charge in [0.25, 0.3) is 11.8 Å². The Hall–Kier alpha value is -3.59. The third-order valence-corrected chi connectivity index (χ3v) is 5.65. The van der Waals surface area contributed by atoms with Crippen LogP contribution in [0.25, 0.3) is 10.9 Å². The first-order valence-corrected chi connectivity index (χ1v) is 11.0. The molecule has 0 saturated carbocycles. The van der Waals surface area contributed by atoms with Crippen LogP contribution in [0.15, 0.2) is 53.3 Å². The molecule has 2 aromatic carbocycles. The minimum atomic E-state index is -0.618. The van der Waals surface area contributed by atoms with E-state index in [0.29, 0.717) is 28.7 Å². The highest BCUT2D eigenvalue weighted by Crippen LogP contribution is 2.25. The maximum Gasteiger partial charge on any atom is 0.256 e. The molecule has 8 nitrogen and oxygen atoms in total. The minimum absolute atomic E-state index is 0.226. The van der Waals surface area contributed by atoms with Crippen molar-refractivity contribution in [2.45, 2.75) is 12.5 Å². The highest BCUT2D eigenvalue weighted by atomic mass is 32.2. The van der Waals surface area contributed by atoms with Gasteiger partial charge in [-0.3, -0.25) is 19.2 Å². The van der Waals surface area contributed by atoms with E-state index >= 15 is 0 Å². The molecule has 1 atom stereocenters. The Bertz CT molecular complexity index is 1250. The molecule has 0 aliphatic carbocycles.